The number of hydrogen-bond donors (Lipinski definition) is 2. The molecule has 0 saturated carbocycles. The zero-order chi connectivity index (χ0) is 31.4. The molecule has 0 bridgehead atoms. The molecule has 0 aliphatic carbocycles. The van der Waals surface area contributed by atoms with Gasteiger partial charge in [0.25, 0.3) is 11.8 Å². The largest absolute Gasteiger partial charge is 0.495 e. The van der Waals surface area contributed by atoms with E-state index in [1.807, 2.05) is 54.6 Å². The van der Waals surface area contributed by atoms with Crippen molar-refractivity contribution in [2.45, 2.75) is 6.54 Å². The smallest absolute Gasteiger partial charge is 0.271 e. The van der Waals surface area contributed by atoms with Crippen molar-refractivity contribution >= 4 is 29.4 Å². The minimum atomic E-state index is -0.302. The number of hydrogen-bond acceptors (Lipinski definition) is 8. The van der Waals surface area contributed by atoms with Gasteiger partial charge in [0.15, 0.2) is 6.61 Å². The molecule has 4 aromatic carbocycles. The number of nitrogens with zero attached hydrogens (tertiary/aromatic N) is 3. The number of ether oxygens (including phenoxy) is 3. The monoisotopic (exact) mass is 607 g/mol. The van der Waals surface area contributed by atoms with Crippen LogP contribution in [0.1, 0.15) is 21.5 Å². The first-order chi connectivity index (χ1) is 22.0. The number of nitrogens with one attached hydrogen (secondary N) is 2. The first-order valence-corrected chi connectivity index (χ1v) is 14.7. The van der Waals surface area contributed by atoms with E-state index < -0.39 is 0 Å². The maximum absolute atomic E-state index is 12.6. The number of benzene rings is 4. The van der Waals surface area contributed by atoms with E-state index in [0.29, 0.717) is 22.7 Å². The summed E-state index contributed by atoms with van der Waals surface area (Å²) in [4.78, 5) is 29.7. The van der Waals surface area contributed by atoms with E-state index in [9.17, 15) is 9.59 Å². The molecule has 10 heteroatoms. The van der Waals surface area contributed by atoms with Gasteiger partial charge in [-0.05, 0) is 71.8 Å². The number of rotatable bonds is 12. The highest BCUT2D eigenvalue weighted by molar-refractivity contribution is 5.95. The number of anilines is 2. The van der Waals surface area contributed by atoms with Crippen LogP contribution in [0.15, 0.2) is 102 Å². The summed E-state index contributed by atoms with van der Waals surface area (Å²) in [5, 5.41) is 6.85. The SMILES string of the molecule is COc1ccccc1NC(=O)COc1ccc(/C=N\NC(=O)c2ccc(CN3CCN(c4ccccc4OC)CC3)cc2)cc1. The van der Waals surface area contributed by atoms with E-state index in [1.165, 1.54) is 0 Å². The maximum Gasteiger partial charge on any atom is 0.271 e. The van der Waals surface area contributed by atoms with Crippen LogP contribution < -0.4 is 29.9 Å². The fourth-order valence-corrected chi connectivity index (χ4v) is 5.02. The first-order valence-electron chi connectivity index (χ1n) is 14.7. The molecule has 10 nitrogen and oxygen atoms in total. The number of para-hydroxylation sites is 4. The summed E-state index contributed by atoms with van der Waals surface area (Å²) in [6, 6.07) is 29.9. The summed E-state index contributed by atoms with van der Waals surface area (Å²) in [5.74, 6) is 1.42. The molecule has 232 valence electrons. The quantitative estimate of drug-likeness (QED) is 0.176. The number of carbonyl (C=O) groups excluding carboxylic acids is 2. The third-order valence-corrected chi connectivity index (χ3v) is 7.43. The van der Waals surface area contributed by atoms with Gasteiger partial charge in [0.2, 0.25) is 0 Å². The Morgan fingerprint density at radius 3 is 2.18 bits per heavy atom. The van der Waals surface area contributed by atoms with E-state index >= 15 is 0 Å². The Morgan fingerprint density at radius 2 is 1.47 bits per heavy atom. The molecule has 1 aliphatic heterocycles. The molecular formula is C35H37N5O5. The van der Waals surface area contributed by atoms with Crippen molar-refractivity contribution in [2.75, 3.05) is 57.2 Å². The first kappa shape index (κ1) is 31.1. The lowest BCUT2D eigenvalue weighted by atomic mass is 10.1. The summed E-state index contributed by atoms with van der Waals surface area (Å²) >= 11 is 0. The minimum Gasteiger partial charge on any atom is -0.495 e. The molecule has 0 atom stereocenters. The normalized spacial score (nSPS) is 13.3. The second kappa shape index (κ2) is 15.4. The Balaban J connectivity index is 1.03. The number of piperazine rings is 1. The Labute approximate surface area is 263 Å². The lowest BCUT2D eigenvalue weighted by molar-refractivity contribution is -0.118. The predicted molar refractivity (Wildman–Crippen MR) is 176 cm³/mol. The minimum absolute atomic E-state index is 0.152. The molecular weight excluding hydrogens is 570 g/mol. The maximum atomic E-state index is 12.6. The molecule has 0 aromatic heterocycles. The lowest BCUT2D eigenvalue weighted by Crippen LogP contribution is -2.46. The molecule has 1 heterocycles. The van der Waals surface area contributed by atoms with Crippen LogP contribution in [0.4, 0.5) is 11.4 Å². The van der Waals surface area contributed by atoms with Crippen molar-refractivity contribution in [3.63, 3.8) is 0 Å². The van der Waals surface area contributed by atoms with Crippen LogP contribution in [0.25, 0.3) is 0 Å². The molecule has 4 aromatic rings. The average Bonchev–Trinajstić information content (AvgIpc) is 3.09. The molecule has 45 heavy (non-hydrogen) atoms. The second-order valence-electron chi connectivity index (χ2n) is 10.4. The van der Waals surface area contributed by atoms with Gasteiger partial charge in [0, 0.05) is 38.3 Å². The van der Waals surface area contributed by atoms with E-state index in [2.05, 4.69) is 31.7 Å². The fraction of sp³-hybridized carbons (Fsp3) is 0.229. The zero-order valence-electron chi connectivity index (χ0n) is 25.4. The molecule has 0 unspecified atom stereocenters. The molecule has 5 rings (SSSR count). The molecule has 1 aliphatic rings. The fourth-order valence-electron chi connectivity index (χ4n) is 5.02. The van der Waals surface area contributed by atoms with Crippen LogP contribution in [0.5, 0.6) is 17.2 Å². The van der Waals surface area contributed by atoms with Crippen LogP contribution in [0.3, 0.4) is 0 Å². The van der Waals surface area contributed by atoms with Gasteiger partial charge in [-0.1, -0.05) is 36.4 Å². The van der Waals surface area contributed by atoms with Crippen molar-refractivity contribution in [3.8, 4) is 17.2 Å². The lowest BCUT2D eigenvalue weighted by Gasteiger charge is -2.36. The molecule has 0 radical (unpaired) electrons. The standard InChI is InChI=1S/C35H37N5O5/c1-43-32-9-5-3-7-30(32)37-34(41)25-45-29-17-13-26(14-18-29)23-36-38-35(42)28-15-11-27(12-16-28)24-39-19-21-40(22-20-39)31-8-4-6-10-33(31)44-2/h3-18,23H,19-22,24-25H2,1-2H3,(H,37,41)(H,38,42)/b36-23-. The predicted octanol–water partition coefficient (Wildman–Crippen LogP) is 4.81. The van der Waals surface area contributed by atoms with Crippen LogP contribution in [0.2, 0.25) is 0 Å². The number of hydrazone groups is 1. The average molecular weight is 608 g/mol. The summed E-state index contributed by atoms with van der Waals surface area (Å²) in [6.45, 7) is 4.42. The Morgan fingerprint density at radius 1 is 0.800 bits per heavy atom. The zero-order valence-corrected chi connectivity index (χ0v) is 25.4. The number of amides is 2. The second-order valence-corrected chi connectivity index (χ2v) is 10.4. The third-order valence-electron chi connectivity index (χ3n) is 7.43. The van der Waals surface area contributed by atoms with E-state index in [0.717, 1.165) is 55.3 Å². The Kier molecular flexibility index (Phi) is 10.6. The topological polar surface area (TPSA) is 105 Å². The summed E-state index contributed by atoms with van der Waals surface area (Å²) in [6.07, 6.45) is 1.55. The van der Waals surface area contributed by atoms with Crippen molar-refractivity contribution in [2.24, 2.45) is 5.10 Å². The summed E-state index contributed by atoms with van der Waals surface area (Å²) in [5.41, 5.74) is 6.74. The van der Waals surface area contributed by atoms with Gasteiger partial charge in [-0.25, -0.2) is 5.43 Å². The molecule has 0 spiro atoms. The van der Waals surface area contributed by atoms with Gasteiger partial charge in [-0.2, -0.15) is 5.10 Å². The highest BCUT2D eigenvalue weighted by atomic mass is 16.5. The van der Waals surface area contributed by atoms with Crippen LogP contribution >= 0.6 is 0 Å². The van der Waals surface area contributed by atoms with Gasteiger partial charge < -0.3 is 24.4 Å². The van der Waals surface area contributed by atoms with Gasteiger partial charge in [0.05, 0.1) is 31.8 Å². The van der Waals surface area contributed by atoms with E-state index in [1.54, 1.807) is 56.8 Å². The summed E-state index contributed by atoms with van der Waals surface area (Å²) < 4.78 is 16.3. The molecule has 1 saturated heterocycles. The van der Waals surface area contributed by atoms with Gasteiger partial charge in [0.1, 0.15) is 17.2 Å². The van der Waals surface area contributed by atoms with Gasteiger partial charge in [-0.15, -0.1) is 0 Å². The van der Waals surface area contributed by atoms with Gasteiger partial charge >= 0.3 is 0 Å². The van der Waals surface area contributed by atoms with Crippen molar-refractivity contribution in [3.05, 3.63) is 114 Å². The van der Waals surface area contributed by atoms with Crippen LogP contribution in [-0.4, -0.2) is 69.9 Å². The van der Waals surface area contributed by atoms with E-state index in [4.69, 9.17) is 14.2 Å². The van der Waals surface area contributed by atoms with Crippen molar-refractivity contribution < 1.29 is 23.8 Å². The number of carbonyl (C=O) groups is 2. The molecule has 2 N–H and O–H groups in total. The Hall–Kier alpha value is -5.35. The van der Waals surface area contributed by atoms with E-state index in [-0.39, 0.29) is 18.4 Å². The summed E-state index contributed by atoms with van der Waals surface area (Å²) in [7, 11) is 3.25. The van der Waals surface area contributed by atoms with Crippen molar-refractivity contribution in [1.82, 2.24) is 10.3 Å². The molecule has 1 fully saturated rings. The van der Waals surface area contributed by atoms with Gasteiger partial charge in [-0.3, -0.25) is 14.5 Å². The van der Waals surface area contributed by atoms with Crippen LogP contribution in [-0.2, 0) is 11.3 Å². The third kappa shape index (κ3) is 8.61. The highest BCUT2D eigenvalue weighted by Crippen LogP contribution is 2.28. The molecule has 2 amide bonds. The van der Waals surface area contributed by atoms with Crippen molar-refractivity contribution in [1.29, 1.82) is 0 Å². The van der Waals surface area contributed by atoms with Crippen LogP contribution in [0, 0.1) is 0 Å². The highest BCUT2D eigenvalue weighted by Gasteiger charge is 2.19. The Bertz CT molecular complexity index is 1600. The number of methoxy groups -OCH3 is 2.